The van der Waals surface area contributed by atoms with E-state index in [4.69, 9.17) is 0 Å². The molecule has 0 amide bonds. The Bertz CT molecular complexity index is 564. The zero-order valence-electron chi connectivity index (χ0n) is 11.6. The molecule has 1 fully saturated rings. The largest absolute Gasteiger partial charge is 0.271 e. The first-order chi connectivity index (χ1) is 8.89. The number of aryl methyl sites for hydroxylation is 2. The molecule has 1 saturated carbocycles. The first-order valence-corrected chi connectivity index (χ1v) is 9.03. The monoisotopic (exact) mass is 349 g/mol. The Kier molecular flexibility index (Phi) is 4.37. The second-order valence-electron chi connectivity index (χ2n) is 5.01. The van der Waals surface area contributed by atoms with Crippen molar-refractivity contribution in [3.8, 4) is 0 Å². The number of sulfonamides is 1. The average molecular weight is 350 g/mol. The van der Waals surface area contributed by atoms with E-state index < -0.39 is 10.0 Å². The number of hydrogen-bond donors (Lipinski definition) is 0. The third-order valence-corrected chi connectivity index (χ3v) is 6.36. The first kappa shape index (κ1) is 15.0. The van der Waals surface area contributed by atoms with Crippen LogP contribution >= 0.6 is 15.9 Å². The molecule has 19 heavy (non-hydrogen) atoms. The topological polar surface area (TPSA) is 55.2 Å². The van der Waals surface area contributed by atoms with E-state index in [1.165, 1.54) is 0 Å². The number of alkyl halides is 1. The Balaban J connectivity index is 2.44. The maximum Gasteiger partial charge on any atom is 0.247 e. The van der Waals surface area contributed by atoms with Crippen molar-refractivity contribution in [2.24, 2.45) is 7.05 Å². The number of hydrogen-bond acceptors (Lipinski definition) is 3. The number of rotatable bonds is 5. The molecule has 2 rings (SSSR count). The summed E-state index contributed by atoms with van der Waals surface area (Å²) < 4.78 is 29.0. The van der Waals surface area contributed by atoms with Gasteiger partial charge in [-0.15, -0.1) is 0 Å². The maximum atomic E-state index is 12.9. The quantitative estimate of drug-likeness (QED) is 0.763. The predicted molar refractivity (Wildman–Crippen MR) is 78.0 cm³/mol. The molecule has 5 nitrogen and oxygen atoms in total. The molecule has 108 valence electrons. The first-order valence-electron chi connectivity index (χ1n) is 6.47. The van der Waals surface area contributed by atoms with Crippen molar-refractivity contribution in [1.29, 1.82) is 0 Å². The Labute approximate surface area is 123 Å². The van der Waals surface area contributed by atoms with Crippen LogP contribution in [0.4, 0.5) is 0 Å². The Hall–Kier alpha value is -0.400. The summed E-state index contributed by atoms with van der Waals surface area (Å²) in [5.41, 5.74) is 1.29. The van der Waals surface area contributed by atoms with Crippen molar-refractivity contribution in [2.75, 3.05) is 11.9 Å². The molecule has 1 heterocycles. The molecule has 0 aromatic carbocycles. The van der Waals surface area contributed by atoms with Crippen LogP contribution < -0.4 is 0 Å². The molecule has 0 aliphatic heterocycles. The molecule has 0 bridgehead atoms. The van der Waals surface area contributed by atoms with Crippen molar-refractivity contribution < 1.29 is 8.42 Å². The van der Waals surface area contributed by atoms with Gasteiger partial charge in [-0.2, -0.15) is 9.40 Å². The van der Waals surface area contributed by atoms with E-state index in [9.17, 15) is 8.42 Å². The van der Waals surface area contributed by atoms with Gasteiger partial charge in [0.2, 0.25) is 10.0 Å². The number of halogens is 1. The smallest absolute Gasteiger partial charge is 0.247 e. The molecule has 1 aliphatic carbocycles. The molecule has 1 aromatic heterocycles. The van der Waals surface area contributed by atoms with E-state index in [-0.39, 0.29) is 6.04 Å². The van der Waals surface area contributed by atoms with Crippen LogP contribution in [0, 0.1) is 13.8 Å². The summed E-state index contributed by atoms with van der Waals surface area (Å²) in [5, 5.41) is 4.88. The van der Waals surface area contributed by atoms with Crippen LogP contribution in [-0.2, 0) is 17.1 Å². The number of nitrogens with zero attached hydrogens (tertiary/aromatic N) is 3. The molecular formula is C12H20BrN3O2S. The summed E-state index contributed by atoms with van der Waals surface area (Å²) in [6.45, 7) is 4.08. The van der Waals surface area contributed by atoms with Crippen LogP contribution in [0.3, 0.4) is 0 Å². The minimum absolute atomic E-state index is 0.154. The standard InChI is InChI=1S/C12H20BrN3O2S/c1-9-12(10(2)15(3)14-9)19(17,18)16(8-7-13)11-5-4-6-11/h11H,4-8H2,1-3H3. The van der Waals surface area contributed by atoms with Crippen molar-refractivity contribution in [1.82, 2.24) is 14.1 Å². The van der Waals surface area contributed by atoms with Gasteiger partial charge in [-0.1, -0.05) is 22.4 Å². The van der Waals surface area contributed by atoms with Crippen molar-refractivity contribution >= 4 is 26.0 Å². The van der Waals surface area contributed by atoms with Gasteiger partial charge >= 0.3 is 0 Å². The Morgan fingerprint density at radius 1 is 1.42 bits per heavy atom. The molecule has 1 aromatic rings. The molecule has 0 saturated heterocycles. The predicted octanol–water partition coefficient (Wildman–Crippen LogP) is 1.98. The lowest BCUT2D eigenvalue weighted by molar-refractivity contribution is 0.228. The van der Waals surface area contributed by atoms with Crippen LogP contribution in [0.5, 0.6) is 0 Å². The highest BCUT2D eigenvalue weighted by molar-refractivity contribution is 9.09. The van der Waals surface area contributed by atoms with Gasteiger partial charge in [-0.3, -0.25) is 4.68 Å². The molecule has 0 N–H and O–H groups in total. The lowest BCUT2D eigenvalue weighted by atomic mass is 9.93. The van der Waals surface area contributed by atoms with E-state index >= 15 is 0 Å². The SMILES string of the molecule is Cc1nn(C)c(C)c1S(=O)(=O)N(CCBr)C1CCC1. The highest BCUT2D eigenvalue weighted by Gasteiger charge is 2.37. The zero-order chi connectivity index (χ0) is 14.2. The van der Waals surface area contributed by atoms with E-state index in [0.29, 0.717) is 28.2 Å². The van der Waals surface area contributed by atoms with Gasteiger partial charge in [0.15, 0.2) is 0 Å². The highest BCUT2D eigenvalue weighted by atomic mass is 79.9. The second kappa shape index (κ2) is 5.54. The second-order valence-corrected chi connectivity index (χ2v) is 7.63. The van der Waals surface area contributed by atoms with Gasteiger partial charge in [0, 0.05) is 25.0 Å². The average Bonchev–Trinajstić information content (AvgIpc) is 2.50. The van der Waals surface area contributed by atoms with E-state index in [2.05, 4.69) is 21.0 Å². The summed E-state index contributed by atoms with van der Waals surface area (Å²) >= 11 is 3.35. The molecule has 1 aliphatic rings. The Morgan fingerprint density at radius 2 is 2.05 bits per heavy atom. The van der Waals surface area contributed by atoms with E-state index in [1.807, 2.05) is 0 Å². The highest BCUT2D eigenvalue weighted by Crippen LogP contribution is 2.32. The molecule has 0 radical (unpaired) electrons. The van der Waals surface area contributed by atoms with Gasteiger partial charge in [0.25, 0.3) is 0 Å². The lowest BCUT2D eigenvalue weighted by Gasteiger charge is -2.36. The summed E-state index contributed by atoms with van der Waals surface area (Å²) in [5.74, 6) is 0. The summed E-state index contributed by atoms with van der Waals surface area (Å²) in [7, 11) is -1.67. The van der Waals surface area contributed by atoms with Crippen LogP contribution in [0.2, 0.25) is 0 Å². The summed E-state index contributed by atoms with van der Waals surface area (Å²) in [6.07, 6.45) is 3.04. The summed E-state index contributed by atoms with van der Waals surface area (Å²) in [4.78, 5) is 0.378. The molecule has 0 unspecified atom stereocenters. The zero-order valence-corrected chi connectivity index (χ0v) is 14.0. The van der Waals surface area contributed by atoms with Crippen molar-refractivity contribution in [3.05, 3.63) is 11.4 Å². The lowest BCUT2D eigenvalue weighted by Crippen LogP contribution is -2.45. The normalized spacial score (nSPS) is 16.9. The van der Waals surface area contributed by atoms with Crippen LogP contribution in [0.15, 0.2) is 4.90 Å². The maximum absolute atomic E-state index is 12.9. The van der Waals surface area contributed by atoms with Gasteiger partial charge in [0.05, 0.1) is 11.4 Å². The molecular weight excluding hydrogens is 330 g/mol. The van der Waals surface area contributed by atoms with E-state index in [0.717, 1.165) is 19.3 Å². The fourth-order valence-electron chi connectivity index (χ4n) is 2.50. The minimum atomic E-state index is -3.44. The number of aromatic nitrogens is 2. The van der Waals surface area contributed by atoms with Crippen LogP contribution in [-0.4, -0.2) is 40.4 Å². The van der Waals surface area contributed by atoms with Crippen molar-refractivity contribution in [2.45, 2.75) is 44.0 Å². The molecule has 0 atom stereocenters. The van der Waals surface area contributed by atoms with Crippen LogP contribution in [0.25, 0.3) is 0 Å². The van der Waals surface area contributed by atoms with Crippen LogP contribution in [0.1, 0.15) is 30.7 Å². The third-order valence-electron chi connectivity index (χ3n) is 3.80. The van der Waals surface area contributed by atoms with Crippen molar-refractivity contribution in [3.63, 3.8) is 0 Å². The fourth-order valence-corrected chi connectivity index (χ4v) is 5.21. The van der Waals surface area contributed by atoms with Gasteiger partial charge in [-0.05, 0) is 26.7 Å². The fraction of sp³-hybridized carbons (Fsp3) is 0.750. The van der Waals surface area contributed by atoms with Gasteiger partial charge < -0.3 is 0 Å². The van der Waals surface area contributed by atoms with E-state index in [1.54, 1.807) is 29.9 Å². The molecule has 0 spiro atoms. The third kappa shape index (κ3) is 2.60. The minimum Gasteiger partial charge on any atom is -0.271 e. The molecule has 7 heteroatoms. The Morgan fingerprint density at radius 3 is 2.42 bits per heavy atom. The summed E-state index contributed by atoms with van der Waals surface area (Å²) in [6, 6.07) is 0.154. The van der Waals surface area contributed by atoms with Gasteiger partial charge in [-0.25, -0.2) is 8.42 Å². The van der Waals surface area contributed by atoms with Gasteiger partial charge in [0.1, 0.15) is 4.90 Å².